The van der Waals surface area contributed by atoms with E-state index in [-0.39, 0.29) is 0 Å². The van der Waals surface area contributed by atoms with Crippen molar-refractivity contribution in [1.82, 2.24) is 4.98 Å². The Bertz CT molecular complexity index is 617. The molecule has 1 fully saturated rings. The van der Waals surface area contributed by atoms with Crippen molar-refractivity contribution in [2.75, 3.05) is 0 Å². The van der Waals surface area contributed by atoms with Crippen LogP contribution in [0.1, 0.15) is 41.4 Å². The summed E-state index contributed by atoms with van der Waals surface area (Å²) in [6.07, 6.45) is 3.94. The van der Waals surface area contributed by atoms with Crippen molar-refractivity contribution in [2.45, 2.75) is 25.2 Å². The molecule has 18 heavy (non-hydrogen) atoms. The first-order valence-electron chi connectivity index (χ1n) is 6.04. The number of nitrogens with zero attached hydrogens (tertiary/aromatic N) is 1. The minimum absolute atomic E-state index is 0.697. The van der Waals surface area contributed by atoms with Crippen LogP contribution in [0.2, 0.25) is 0 Å². The molecule has 0 amide bonds. The Morgan fingerprint density at radius 3 is 2.89 bits per heavy atom. The van der Waals surface area contributed by atoms with Crippen LogP contribution in [0.25, 0.3) is 0 Å². The van der Waals surface area contributed by atoms with Crippen LogP contribution in [0.15, 0.2) is 34.1 Å². The van der Waals surface area contributed by atoms with E-state index < -0.39 is 0 Å². The largest absolute Gasteiger partial charge is 0.232 e. The van der Waals surface area contributed by atoms with Crippen molar-refractivity contribution in [3.05, 3.63) is 50.4 Å². The second-order valence-corrected chi connectivity index (χ2v) is 6.24. The molecule has 0 bridgehead atoms. The molecule has 3 heteroatoms. The van der Waals surface area contributed by atoms with Crippen molar-refractivity contribution in [3.8, 4) is 11.8 Å². The van der Waals surface area contributed by atoms with Gasteiger partial charge in [-0.3, -0.25) is 0 Å². The van der Waals surface area contributed by atoms with Crippen LogP contribution in [-0.2, 0) is 0 Å². The van der Waals surface area contributed by atoms with E-state index in [4.69, 9.17) is 0 Å². The van der Waals surface area contributed by atoms with Crippen LogP contribution in [-0.4, -0.2) is 4.98 Å². The predicted molar refractivity (Wildman–Crippen MR) is 78.8 cm³/mol. The SMILES string of the molecule is Brc1cccc(C#Cc2nc(C3CCC3)cs2)c1. The number of aromatic nitrogens is 1. The van der Waals surface area contributed by atoms with E-state index in [9.17, 15) is 0 Å². The molecule has 3 rings (SSSR count). The predicted octanol–water partition coefficient (Wildman–Crippen LogP) is 4.57. The molecule has 0 spiro atoms. The molecule has 90 valence electrons. The van der Waals surface area contributed by atoms with Crippen molar-refractivity contribution in [1.29, 1.82) is 0 Å². The lowest BCUT2D eigenvalue weighted by atomic mass is 9.83. The van der Waals surface area contributed by atoms with Crippen LogP contribution in [0.5, 0.6) is 0 Å². The van der Waals surface area contributed by atoms with Gasteiger partial charge in [-0.2, -0.15) is 0 Å². The quantitative estimate of drug-likeness (QED) is 0.702. The molecular formula is C15H12BrNS. The molecule has 1 aliphatic rings. The van der Waals surface area contributed by atoms with Gasteiger partial charge in [0.05, 0.1) is 5.69 Å². The Balaban J connectivity index is 1.78. The van der Waals surface area contributed by atoms with Crippen LogP contribution in [0, 0.1) is 11.8 Å². The molecule has 0 N–H and O–H groups in total. The molecule has 0 unspecified atom stereocenters. The minimum atomic E-state index is 0.697. The maximum atomic E-state index is 4.60. The average molecular weight is 318 g/mol. The van der Waals surface area contributed by atoms with Crippen molar-refractivity contribution >= 4 is 27.3 Å². The van der Waals surface area contributed by atoms with Gasteiger partial charge in [-0.15, -0.1) is 11.3 Å². The van der Waals surface area contributed by atoms with Gasteiger partial charge in [0, 0.05) is 21.3 Å². The van der Waals surface area contributed by atoms with Crippen molar-refractivity contribution in [2.24, 2.45) is 0 Å². The highest BCUT2D eigenvalue weighted by molar-refractivity contribution is 9.10. The van der Waals surface area contributed by atoms with E-state index >= 15 is 0 Å². The summed E-state index contributed by atoms with van der Waals surface area (Å²) in [7, 11) is 0. The maximum Gasteiger partial charge on any atom is 0.167 e. The Hall–Kier alpha value is -1.11. The van der Waals surface area contributed by atoms with E-state index in [1.165, 1.54) is 25.0 Å². The zero-order valence-corrected chi connectivity index (χ0v) is 12.2. The molecule has 1 nitrogen and oxygen atoms in total. The molecule has 1 aromatic carbocycles. The smallest absolute Gasteiger partial charge is 0.167 e. The number of hydrogen-bond donors (Lipinski definition) is 0. The molecular weight excluding hydrogens is 306 g/mol. The Kier molecular flexibility index (Phi) is 3.49. The molecule has 0 radical (unpaired) electrons. The average Bonchev–Trinajstić information content (AvgIpc) is 2.73. The number of rotatable bonds is 1. The van der Waals surface area contributed by atoms with Crippen molar-refractivity contribution < 1.29 is 0 Å². The molecule has 0 saturated heterocycles. The van der Waals surface area contributed by atoms with Gasteiger partial charge in [0.25, 0.3) is 0 Å². The fourth-order valence-corrected chi connectivity index (χ4v) is 3.07. The lowest BCUT2D eigenvalue weighted by Gasteiger charge is -2.22. The molecule has 1 aliphatic carbocycles. The van der Waals surface area contributed by atoms with Gasteiger partial charge in [0.1, 0.15) is 0 Å². The summed E-state index contributed by atoms with van der Waals surface area (Å²) in [5.74, 6) is 7.00. The van der Waals surface area contributed by atoms with E-state index in [0.717, 1.165) is 15.0 Å². The summed E-state index contributed by atoms with van der Waals surface area (Å²) >= 11 is 5.10. The third kappa shape index (κ3) is 2.66. The molecule has 2 aromatic rings. The Morgan fingerprint density at radius 1 is 1.28 bits per heavy atom. The first-order chi connectivity index (χ1) is 8.81. The van der Waals surface area contributed by atoms with Crippen molar-refractivity contribution in [3.63, 3.8) is 0 Å². The summed E-state index contributed by atoms with van der Waals surface area (Å²) < 4.78 is 1.06. The zero-order chi connectivity index (χ0) is 12.4. The van der Waals surface area contributed by atoms with Crippen LogP contribution in [0.4, 0.5) is 0 Å². The number of hydrogen-bond acceptors (Lipinski definition) is 2. The van der Waals surface area contributed by atoms with Gasteiger partial charge in [-0.25, -0.2) is 4.98 Å². The minimum Gasteiger partial charge on any atom is -0.232 e. The summed E-state index contributed by atoms with van der Waals surface area (Å²) in [5, 5.41) is 3.09. The number of benzene rings is 1. The third-order valence-corrected chi connectivity index (χ3v) is 4.45. The lowest BCUT2D eigenvalue weighted by Crippen LogP contribution is -2.08. The number of thiazole rings is 1. The van der Waals surface area contributed by atoms with Gasteiger partial charge in [0.15, 0.2) is 5.01 Å². The highest BCUT2D eigenvalue weighted by Crippen LogP contribution is 2.36. The zero-order valence-electron chi connectivity index (χ0n) is 9.82. The number of halogens is 1. The van der Waals surface area contributed by atoms with Gasteiger partial charge < -0.3 is 0 Å². The molecule has 0 aliphatic heterocycles. The monoisotopic (exact) mass is 317 g/mol. The molecule has 1 aromatic heterocycles. The Labute approximate surface area is 119 Å². The fraction of sp³-hybridized carbons (Fsp3) is 0.267. The van der Waals surface area contributed by atoms with Gasteiger partial charge >= 0.3 is 0 Å². The standard InChI is InChI=1S/C15H12BrNS/c16-13-6-1-3-11(9-13)7-8-15-17-14(10-18-15)12-4-2-5-12/h1,3,6,9-10,12H,2,4-5H2. The fourth-order valence-electron chi connectivity index (χ4n) is 1.93. The van der Waals surface area contributed by atoms with Crippen LogP contribution in [0.3, 0.4) is 0 Å². The summed E-state index contributed by atoms with van der Waals surface area (Å²) in [5.41, 5.74) is 2.26. The van der Waals surface area contributed by atoms with Crippen LogP contribution >= 0.6 is 27.3 Å². The van der Waals surface area contributed by atoms with Gasteiger partial charge in [0.2, 0.25) is 0 Å². The normalized spacial score (nSPS) is 14.7. The summed E-state index contributed by atoms with van der Waals surface area (Å²) in [6.45, 7) is 0. The highest BCUT2D eigenvalue weighted by atomic mass is 79.9. The molecule has 0 atom stereocenters. The van der Waals surface area contributed by atoms with E-state index in [1.54, 1.807) is 11.3 Å². The molecule has 1 saturated carbocycles. The topological polar surface area (TPSA) is 12.9 Å². The second-order valence-electron chi connectivity index (χ2n) is 4.47. The second kappa shape index (κ2) is 5.26. The highest BCUT2D eigenvalue weighted by Gasteiger charge is 2.21. The maximum absolute atomic E-state index is 4.60. The summed E-state index contributed by atoms with van der Waals surface area (Å²) in [4.78, 5) is 4.60. The van der Waals surface area contributed by atoms with E-state index in [0.29, 0.717) is 5.92 Å². The first kappa shape index (κ1) is 12.0. The first-order valence-corrected chi connectivity index (χ1v) is 7.71. The summed E-state index contributed by atoms with van der Waals surface area (Å²) in [6, 6.07) is 8.03. The van der Waals surface area contributed by atoms with Gasteiger partial charge in [-0.05, 0) is 37.0 Å². The van der Waals surface area contributed by atoms with Gasteiger partial charge in [-0.1, -0.05) is 34.3 Å². The Morgan fingerprint density at radius 2 is 2.17 bits per heavy atom. The lowest BCUT2D eigenvalue weighted by molar-refractivity contribution is 0.412. The van der Waals surface area contributed by atoms with E-state index in [1.807, 2.05) is 24.3 Å². The van der Waals surface area contributed by atoms with Crippen LogP contribution < -0.4 is 0 Å². The van der Waals surface area contributed by atoms with E-state index in [2.05, 4.69) is 38.1 Å². The molecule has 1 heterocycles. The third-order valence-electron chi connectivity index (χ3n) is 3.18.